The van der Waals surface area contributed by atoms with Gasteiger partial charge in [-0.1, -0.05) is 29.8 Å². The molecule has 11 heteroatoms. The van der Waals surface area contributed by atoms with Crippen molar-refractivity contribution in [2.45, 2.75) is 17.8 Å². The second-order valence-electron chi connectivity index (χ2n) is 5.67. The van der Waals surface area contributed by atoms with Crippen molar-refractivity contribution in [1.29, 1.82) is 0 Å². The Morgan fingerprint density at radius 1 is 1.21 bits per heavy atom. The number of ether oxygens (including phenoxy) is 1. The van der Waals surface area contributed by atoms with Crippen LogP contribution in [0.1, 0.15) is 15.9 Å². The number of rotatable bonds is 6. The monoisotopic (exact) mass is 436 g/mol. The summed E-state index contributed by atoms with van der Waals surface area (Å²) in [7, 11) is -1.24. The van der Waals surface area contributed by atoms with Crippen molar-refractivity contribution in [3.63, 3.8) is 0 Å². The Labute approximate surface area is 164 Å². The predicted molar refractivity (Wildman–Crippen MR) is 96.6 cm³/mol. The molecule has 1 N–H and O–H groups in total. The Kier molecular flexibility index (Phi) is 6.58. The van der Waals surface area contributed by atoms with Crippen LogP contribution >= 0.6 is 11.6 Å². The van der Waals surface area contributed by atoms with Gasteiger partial charge in [0.05, 0.1) is 15.5 Å². The number of para-hydroxylation sites is 1. The van der Waals surface area contributed by atoms with E-state index in [0.717, 1.165) is 17.0 Å². The molecule has 2 aromatic carbocycles. The van der Waals surface area contributed by atoms with E-state index in [-0.39, 0.29) is 27.6 Å². The Balaban J connectivity index is 2.31. The van der Waals surface area contributed by atoms with Crippen molar-refractivity contribution >= 4 is 27.5 Å². The maximum Gasteiger partial charge on any atom is 0.573 e. The van der Waals surface area contributed by atoms with Crippen molar-refractivity contribution in [3.05, 3.63) is 58.6 Å². The Morgan fingerprint density at radius 3 is 2.46 bits per heavy atom. The summed E-state index contributed by atoms with van der Waals surface area (Å²) in [5.41, 5.74) is 0.0144. The van der Waals surface area contributed by atoms with Gasteiger partial charge in [0, 0.05) is 19.2 Å². The number of carbonyl (C=O) groups excluding carboxylic acids is 1. The van der Waals surface area contributed by atoms with E-state index in [2.05, 4.69) is 9.46 Å². The van der Waals surface area contributed by atoms with Gasteiger partial charge in [0.1, 0.15) is 5.75 Å². The molecule has 0 aromatic heterocycles. The first-order chi connectivity index (χ1) is 12.9. The van der Waals surface area contributed by atoms with Crippen LogP contribution in [0.25, 0.3) is 0 Å². The van der Waals surface area contributed by atoms with Gasteiger partial charge in [0.15, 0.2) is 0 Å². The highest BCUT2D eigenvalue weighted by Gasteiger charge is 2.32. The van der Waals surface area contributed by atoms with E-state index < -0.39 is 28.0 Å². The van der Waals surface area contributed by atoms with Crippen LogP contribution in [-0.2, 0) is 16.6 Å². The van der Waals surface area contributed by atoms with E-state index in [1.54, 1.807) is 0 Å². The quantitative estimate of drug-likeness (QED) is 0.753. The van der Waals surface area contributed by atoms with Crippen molar-refractivity contribution in [1.82, 2.24) is 9.62 Å². The fourth-order valence-electron chi connectivity index (χ4n) is 2.34. The standard InChI is InChI=1S/C17H16ClF3N2O4S/c1-22-28(25,26)12-7-8-14(18)13(9-12)16(24)23(2)10-11-5-3-4-6-15(11)27-17(19,20)21/h3-9,22H,10H2,1-2H3. The van der Waals surface area contributed by atoms with Gasteiger partial charge in [-0.15, -0.1) is 13.2 Å². The molecule has 0 saturated heterocycles. The van der Waals surface area contributed by atoms with Gasteiger partial charge in [0.25, 0.3) is 5.91 Å². The van der Waals surface area contributed by atoms with E-state index in [9.17, 15) is 26.4 Å². The Bertz CT molecular complexity index is 981. The molecular weight excluding hydrogens is 421 g/mol. The van der Waals surface area contributed by atoms with E-state index >= 15 is 0 Å². The molecule has 0 aliphatic rings. The summed E-state index contributed by atoms with van der Waals surface area (Å²) in [5, 5.41) is 0.00623. The zero-order valence-corrected chi connectivity index (χ0v) is 16.3. The number of nitrogens with one attached hydrogen (secondary N) is 1. The highest BCUT2D eigenvalue weighted by molar-refractivity contribution is 7.89. The van der Waals surface area contributed by atoms with Crippen LogP contribution in [0.5, 0.6) is 5.75 Å². The van der Waals surface area contributed by atoms with Gasteiger partial charge in [-0.25, -0.2) is 13.1 Å². The van der Waals surface area contributed by atoms with Crippen LogP contribution < -0.4 is 9.46 Å². The fourth-order valence-corrected chi connectivity index (χ4v) is 3.30. The third-order valence-corrected chi connectivity index (χ3v) is 5.44. The van der Waals surface area contributed by atoms with E-state index in [0.29, 0.717) is 0 Å². The number of amides is 1. The number of nitrogens with zero attached hydrogens (tertiary/aromatic N) is 1. The molecule has 6 nitrogen and oxygen atoms in total. The van der Waals surface area contributed by atoms with Gasteiger partial charge in [-0.2, -0.15) is 0 Å². The summed E-state index contributed by atoms with van der Waals surface area (Å²) >= 11 is 6.01. The van der Waals surface area contributed by atoms with Crippen LogP contribution in [0.2, 0.25) is 5.02 Å². The molecule has 2 aromatic rings. The summed E-state index contributed by atoms with van der Waals surface area (Å²) in [6.07, 6.45) is -4.88. The molecule has 0 saturated carbocycles. The Morgan fingerprint density at radius 2 is 1.86 bits per heavy atom. The smallest absolute Gasteiger partial charge is 0.405 e. The molecular formula is C17H16ClF3N2O4S. The molecule has 0 unspecified atom stereocenters. The first-order valence-electron chi connectivity index (χ1n) is 7.77. The molecule has 0 aliphatic carbocycles. The topological polar surface area (TPSA) is 75.7 Å². The van der Waals surface area contributed by atoms with Crippen molar-refractivity contribution in [2.75, 3.05) is 14.1 Å². The maximum absolute atomic E-state index is 12.7. The normalized spacial score (nSPS) is 11.9. The number of hydrogen-bond acceptors (Lipinski definition) is 4. The molecule has 0 radical (unpaired) electrons. The SMILES string of the molecule is CNS(=O)(=O)c1ccc(Cl)c(C(=O)N(C)Cc2ccccc2OC(F)(F)F)c1. The number of carbonyl (C=O) groups is 1. The predicted octanol–water partition coefficient (Wildman–Crippen LogP) is 3.42. The second-order valence-corrected chi connectivity index (χ2v) is 7.96. The minimum absolute atomic E-state index is 0.00623. The lowest BCUT2D eigenvalue weighted by molar-refractivity contribution is -0.275. The van der Waals surface area contributed by atoms with E-state index in [1.807, 2.05) is 0 Å². The highest BCUT2D eigenvalue weighted by atomic mass is 35.5. The fraction of sp³-hybridized carbons (Fsp3) is 0.235. The number of halogens is 4. The number of hydrogen-bond donors (Lipinski definition) is 1. The summed E-state index contributed by atoms with van der Waals surface area (Å²) in [6, 6.07) is 8.98. The molecule has 0 fully saturated rings. The maximum atomic E-state index is 12.7. The van der Waals surface area contributed by atoms with Gasteiger partial charge in [0.2, 0.25) is 10.0 Å². The molecule has 152 valence electrons. The third kappa shape index (κ3) is 5.37. The van der Waals surface area contributed by atoms with Crippen LogP contribution in [0.4, 0.5) is 13.2 Å². The van der Waals surface area contributed by atoms with Crippen LogP contribution in [0, 0.1) is 0 Å². The van der Waals surface area contributed by atoms with Gasteiger partial charge in [-0.3, -0.25) is 4.79 Å². The molecule has 0 atom stereocenters. The van der Waals surface area contributed by atoms with E-state index in [4.69, 9.17) is 11.6 Å². The third-order valence-electron chi connectivity index (χ3n) is 3.70. The van der Waals surface area contributed by atoms with Gasteiger partial charge >= 0.3 is 6.36 Å². The molecule has 0 aliphatic heterocycles. The van der Waals surface area contributed by atoms with E-state index in [1.165, 1.54) is 44.4 Å². The van der Waals surface area contributed by atoms with Crippen molar-refractivity contribution < 1.29 is 31.1 Å². The molecule has 2 rings (SSSR count). The molecule has 0 bridgehead atoms. The van der Waals surface area contributed by atoms with Crippen LogP contribution in [0.3, 0.4) is 0 Å². The first-order valence-corrected chi connectivity index (χ1v) is 9.63. The van der Waals surface area contributed by atoms with Gasteiger partial charge in [-0.05, 0) is 31.3 Å². The Hall–Kier alpha value is -2.30. The summed E-state index contributed by atoms with van der Waals surface area (Å²) in [5.74, 6) is -1.10. The molecule has 1 amide bonds. The number of benzene rings is 2. The second kappa shape index (κ2) is 8.38. The molecule has 0 spiro atoms. The minimum Gasteiger partial charge on any atom is -0.405 e. The molecule has 28 heavy (non-hydrogen) atoms. The first kappa shape index (κ1) is 22.0. The number of alkyl halides is 3. The van der Waals surface area contributed by atoms with Crippen LogP contribution in [0.15, 0.2) is 47.4 Å². The number of sulfonamides is 1. The lowest BCUT2D eigenvalue weighted by Gasteiger charge is -2.20. The lowest BCUT2D eigenvalue weighted by Crippen LogP contribution is -2.28. The zero-order chi connectivity index (χ0) is 21.1. The zero-order valence-electron chi connectivity index (χ0n) is 14.7. The highest BCUT2D eigenvalue weighted by Crippen LogP contribution is 2.28. The minimum atomic E-state index is -4.88. The van der Waals surface area contributed by atoms with Crippen molar-refractivity contribution in [3.8, 4) is 5.75 Å². The average Bonchev–Trinajstić information content (AvgIpc) is 2.61. The van der Waals surface area contributed by atoms with Crippen LogP contribution in [-0.4, -0.2) is 39.7 Å². The lowest BCUT2D eigenvalue weighted by atomic mass is 10.1. The average molecular weight is 437 g/mol. The summed E-state index contributed by atoms with van der Waals surface area (Å²) < 4.78 is 67.6. The van der Waals surface area contributed by atoms with Gasteiger partial charge < -0.3 is 9.64 Å². The largest absolute Gasteiger partial charge is 0.573 e. The summed E-state index contributed by atoms with van der Waals surface area (Å²) in [4.78, 5) is 13.6. The summed E-state index contributed by atoms with van der Waals surface area (Å²) in [6.45, 7) is -0.218. The molecule has 0 heterocycles. The van der Waals surface area contributed by atoms with Crippen molar-refractivity contribution in [2.24, 2.45) is 0 Å².